The van der Waals surface area contributed by atoms with Crippen LogP contribution in [0.15, 0.2) is 107 Å². The van der Waals surface area contributed by atoms with E-state index in [4.69, 9.17) is 0 Å². The highest BCUT2D eigenvalue weighted by atomic mass is 16.6. The first-order valence-corrected chi connectivity index (χ1v) is 13.1. The highest BCUT2D eigenvalue weighted by Gasteiger charge is 2.25. The van der Waals surface area contributed by atoms with Gasteiger partial charge in [-0.3, -0.25) is 39.8 Å². The molecule has 0 unspecified atom stereocenters. The van der Waals surface area contributed by atoms with Crippen molar-refractivity contribution in [2.24, 2.45) is 9.98 Å². The second-order valence-corrected chi connectivity index (χ2v) is 9.51. The molecule has 12 nitrogen and oxygen atoms in total. The van der Waals surface area contributed by atoms with Gasteiger partial charge in [0.25, 0.3) is 11.4 Å². The lowest BCUT2D eigenvalue weighted by atomic mass is 9.99. The lowest BCUT2D eigenvalue weighted by Crippen LogP contribution is -2.27. The molecule has 0 bridgehead atoms. The highest BCUT2D eigenvalue weighted by molar-refractivity contribution is 6.20. The van der Waals surface area contributed by atoms with Gasteiger partial charge in [-0.25, -0.2) is 0 Å². The first-order chi connectivity index (χ1) is 20.7. The Labute approximate surface area is 245 Å². The van der Waals surface area contributed by atoms with Crippen molar-refractivity contribution in [2.75, 3.05) is 30.4 Å². The van der Waals surface area contributed by atoms with Gasteiger partial charge in [-0.05, 0) is 12.1 Å². The molecule has 0 aromatic heterocycles. The van der Waals surface area contributed by atoms with Gasteiger partial charge in [0.2, 0.25) is 11.8 Å². The van der Waals surface area contributed by atoms with Crippen LogP contribution in [-0.4, -0.2) is 53.2 Å². The van der Waals surface area contributed by atoms with Gasteiger partial charge in [0, 0.05) is 53.6 Å². The molecule has 0 radical (unpaired) electrons. The van der Waals surface area contributed by atoms with E-state index in [-0.39, 0.29) is 36.3 Å². The standard InChI is InChI=1S/C16H13N3O3.C15H11N3O3/c1-18-14-8-7-12(19(21)22)9-13(14)16(17-10-15(18)20)11-5-3-2-4-6-11;19-14-9-16-15(10-4-2-1-3-5-10)12-8-11(18(20)21)6-7-13(12)17-14/h2-9H,10H2,1H3;1-8H,9H2,(H,17,19). The largest absolute Gasteiger partial charge is 0.324 e. The first kappa shape index (κ1) is 28.5. The smallest absolute Gasteiger partial charge is 0.270 e. The minimum Gasteiger partial charge on any atom is -0.324 e. The molecule has 43 heavy (non-hydrogen) atoms. The molecule has 0 fully saturated rings. The lowest BCUT2D eigenvalue weighted by Gasteiger charge is -2.17. The molecule has 2 aliphatic rings. The van der Waals surface area contributed by atoms with Crippen LogP contribution in [0.4, 0.5) is 22.7 Å². The fraction of sp³-hybridized carbons (Fsp3) is 0.0968. The summed E-state index contributed by atoms with van der Waals surface area (Å²) in [7, 11) is 1.65. The number of aliphatic imine (C=N–C) groups is 2. The number of non-ortho nitro benzene ring substituents is 2. The summed E-state index contributed by atoms with van der Waals surface area (Å²) in [5.74, 6) is -0.392. The van der Waals surface area contributed by atoms with Crippen molar-refractivity contribution in [3.8, 4) is 0 Å². The van der Waals surface area contributed by atoms with E-state index in [9.17, 15) is 29.8 Å². The summed E-state index contributed by atoms with van der Waals surface area (Å²) in [4.78, 5) is 55.0. The van der Waals surface area contributed by atoms with Crippen molar-refractivity contribution >= 4 is 46.0 Å². The molecular weight excluding hydrogens is 552 g/mol. The molecule has 4 aromatic rings. The van der Waals surface area contributed by atoms with E-state index in [1.54, 1.807) is 13.1 Å². The van der Waals surface area contributed by atoms with Gasteiger partial charge in [0.05, 0.1) is 32.6 Å². The van der Waals surface area contributed by atoms with E-state index in [1.165, 1.54) is 35.2 Å². The fourth-order valence-electron chi connectivity index (χ4n) is 4.65. The molecule has 0 saturated carbocycles. The third-order valence-electron chi connectivity index (χ3n) is 6.77. The Balaban J connectivity index is 0.000000171. The number of nitrogens with zero attached hydrogens (tertiary/aromatic N) is 5. The second kappa shape index (κ2) is 12.2. The number of rotatable bonds is 4. The summed E-state index contributed by atoms with van der Waals surface area (Å²) in [5.41, 5.74) is 5.06. The predicted octanol–water partition coefficient (Wildman–Crippen LogP) is 4.79. The summed E-state index contributed by atoms with van der Waals surface area (Å²) >= 11 is 0. The zero-order chi connectivity index (χ0) is 30.5. The third-order valence-corrected chi connectivity index (χ3v) is 6.77. The average molecular weight is 577 g/mol. The van der Waals surface area contributed by atoms with Crippen molar-refractivity contribution in [3.05, 3.63) is 140 Å². The number of nitrogens with one attached hydrogen (secondary N) is 1. The van der Waals surface area contributed by atoms with Crippen LogP contribution >= 0.6 is 0 Å². The number of benzene rings is 4. The van der Waals surface area contributed by atoms with Crippen LogP contribution in [0.1, 0.15) is 22.3 Å². The van der Waals surface area contributed by atoms with Crippen LogP contribution in [0, 0.1) is 20.2 Å². The monoisotopic (exact) mass is 576 g/mol. The Kier molecular flexibility index (Phi) is 8.10. The van der Waals surface area contributed by atoms with Gasteiger partial charge in [0.1, 0.15) is 13.1 Å². The number of hydrogen-bond donors (Lipinski definition) is 1. The summed E-state index contributed by atoms with van der Waals surface area (Å²) in [5, 5.41) is 24.7. The van der Waals surface area contributed by atoms with Crippen LogP contribution < -0.4 is 10.2 Å². The number of amides is 2. The summed E-state index contributed by atoms with van der Waals surface area (Å²) in [6, 6.07) is 27.5. The summed E-state index contributed by atoms with van der Waals surface area (Å²) in [6.07, 6.45) is 0. The fourth-order valence-corrected chi connectivity index (χ4v) is 4.65. The quantitative estimate of drug-likeness (QED) is 0.271. The van der Waals surface area contributed by atoms with E-state index in [0.29, 0.717) is 33.9 Å². The second-order valence-electron chi connectivity index (χ2n) is 9.51. The molecule has 2 heterocycles. The molecule has 4 aromatic carbocycles. The van der Waals surface area contributed by atoms with Crippen molar-refractivity contribution in [2.45, 2.75) is 0 Å². The topological polar surface area (TPSA) is 160 Å². The number of benzodiazepines with no additional fused rings is 2. The minimum atomic E-state index is -0.463. The van der Waals surface area contributed by atoms with Crippen molar-refractivity contribution in [3.63, 3.8) is 0 Å². The molecule has 2 amide bonds. The number of fused-ring (bicyclic) bond motifs is 2. The molecule has 6 rings (SSSR count). The summed E-state index contributed by atoms with van der Waals surface area (Å²) < 4.78 is 0. The van der Waals surface area contributed by atoms with E-state index < -0.39 is 9.85 Å². The van der Waals surface area contributed by atoms with Crippen LogP contribution in [-0.2, 0) is 9.59 Å². The molecule has 0 spiro atoms. The zero-order valence-corrected chi connectivity index (χ0v) is 22.8. The molecule has 0 saturated heterocycles. The first-order valence-electron chi connectivity index (χ1n) is 13.1. The van der Waals surface area contributed by atoms with E-state index in [0.717, 1.165) is 11.1 Å². The van der Waals surface area contributed by atoms with Gasteiger partial charge in [-0.1, -0.05) is 60.7 Å². The van der Waals surface area contributed by atoms with E-state index >= 15 is 0 Å². The molecule has 0 aliphatic carbocycles. The number of nitro groups is 2. The van der Waals surface area contributed by atoms with Crippen LogP contribution in [0.5, 0.6) is 0 Å². The normalized spacial score (nSPS) is 13.9. The van der Waals surface area contributed by atoms with E-state index in [1.807, 2.05) is 60.7 Å². The molecule has 214 valence electrons. The molecule has 1 N–H and O–H groups in total. The van der Waals surface area contributed by atoms with Crippen molar-refractivity contribution < 1.29 is 19.4 Å². The zero-order valence-electron chi connectivity index (χ0n) is 22.8. The Morgan fingerprint density at radius 1 is 0.698 bits per heavy atom. The maximum Gasteiger partial charge on any atom is 0.270 e. The predicted molar refractivity (Wildman–Crippen MR) is 162 cm³/mol. The summed E-state index contributed by atoms with van der Waals surface area (Å²) in [6.45, 7) is 0.00983. The Bertz CT molecular complexity index is 1800. The van der Waals surface area contributed by atoms with Crippen LogP contribution in [0.2, 0.25) is 0 Å². The number of nitro benzene ring substituents is 2. The number of likely N-dealkylation sites (N-methyl/N-ethyl adjacent to an activating group) is 1. The van der Waals surface area contributed by atoms with E-state index in [2.05, 4.69) is 15.3 Å². The van der Waals surface area contributed by atoms with Crippen molar-refractivity contribution in [1.82, 2.24) is 0 Å². The number of carbonyl (C=O) groups excluding carboxylic acids is 2. The third kappa shape index (κ3) is 6.17. The average Bonchev–Trinajstić information content (AvgIpc) is 3.26. The number of hydrogen-bond acceptors (Lipinski definition) is 8. The molecule has 2 aliphatic heterocycles. The maximum absolute atomic E-state index is 12.1. The molecular formula is C31H24N6O6. The molecule has 0 atom stereocenters. The number of anilines is 2. The van der Waals surface area contributed by atoms with Crippen LogP contribution in [0.3, 0.4) is 0 Å². The Hall–Kier alpha value is -6.04. The SMILES string of the molecule is CN1C(=O)CN=C(c2ccccc2)c2cc([N+](=O)[O-])ccc21.O=C1CN=C(c2ccccc2)c2cc([N+](=O)[O-])ccc2N1. The van der Waals surface area contributed by atoms with Gasteiger partial charge < -0.3 is 10.2 Å². The van der Waals surface area contributed by atoms with Crippen LogP contribution in [0.25, 0.3) is 0 Å². The Morgan fingerprint density at radius 3 is 1.79 bits per heavy atom. The van der Waals surface area contributed by atoms with Gasteiger partial charge >= 0.3 is 0 Å². The lowest BCUT2D eigenvalue weighted by molar-refractivity contribution is -0.385. The van der Waals surface area contributed by atoms with Gasteiger partial charge in [0.15, 0.2) is 0 Å². The Morgan fingerprint density at radius 2 is 1.21 bits per heavy atom. The maximum atomic E-state index is 12.1. The minimum absolute atomic E-state index is 0.00724. The van der Waals surface area contributed by atoms with Gasteiger partial charge in [-0.2, -0.15) is 0 Å². The number of carbonyl (C=O) groups is 2. The van der Waals surface area contributed by atoms with Crippen molar-refractivity contribution in [1.29, 1.82) is 0 Å². The highest BCUT2D eigenvalue weighted by Crippen LogP contribution is 2.30. The van der Waals surface area contributed by atoms with Gasteiger partial charge in [-0.15, -0.1) is 0 Å². The molecule has 12 heteroatoms.